The molecular formula is C10H12O2S. The van der Waals surface area contributed by atoms with Gasteiger partial charge in [-0.2, -0.15) is 11.3 Å². The molecule has 2 rings (SSSR count). The van der Waals surface area contributed by atoms with Crippen LogP contribution in [0, 0.1) is 0 Å². The quantitative estimate of drug-likeness (QED) is 0.680. The van der Waals surface area contributed by atoms with Crippen molar-refractivity contribution in [2.75, 3.05) is 0 Å². The van der Waals surface area contributed by atoms with Gasteiger partial charge in [0.2, 0.25) is 0 Å². The van der Waals surface area contributed by atoms with E-state index >= 15 is 0 Å². The van der Waals surface area contributed by atoms with Gasteiger partial charge in [0, 0.05) is 5.38 Å². The number of rotatable bonds is 2. The van der Waals surface area contributed by atoms with E-state index in [2.05, 4.69) is 0 Å². The normalized spacial score (nSPS) is 17.5. The molecule has 70 valence electrons. The summed E-state index contributed by atoms with van der Waals surface area (Å²) in [6.07, 6.45) is 4.64. The molecule has 2 nitrogen and oxygen atoms in total. The van der Waals surface area contributed by atoms with E-state index in [1.807, 2.05) is 16.8 Å². The maximum atomic E-state index is 11.4. The molecule has 0 aromatic carbocycles. The number of carbonyl (C=O) groups is 1. The Morgan fingerprint density at radius 2 is 2.23 bits per heavy atom. The third kappa shape index (κ3) is 2.10. The van der Waals surface area contributed by atoms with Crippen molar-refractivity contribution in [3.05, 3.63) is 22.4 Å². The average Bonchev–Trinajstić information content (AvgIpc) is 2.74. The average molecular weight is 196 g/mol. The molecule has 1 heterocycles. The van der Waals surface area contributed by atoms with Crippen molar-refractivity contribution < 1.29 is 9.53 Å². The van der Waals surface area contributed by atoms with Crippen molar-refractivity contribution >= 4 is 17.3 Å². The van der Waals surface area contributed by atoms with Gasteiger partial charge >= 0.3 is 5.97 Å². The van der Waals surface area contributed by atoms with Crippen molar-refractivity contribution in [2.45, 2.75) is 31.8 Å². The molecule has 1 aromatic rings. The summed E-state index contributed by atoms with van der Waals surface area (Å²) < 4.78 is 5.32. The molecule has 0 amide bonds. The Kier molecular flexibility index (Phi) is 2.64. The van der Waals surface area contributed by atoms with E-state index in [1.165, 1.54) is 24.2 Å². The van der Waals surface area contributed by atoms with Crippen LogP contribution in [0.25, 0.3) is 0 Å². The number of esters is 1. The largest absolute Gasteiger partial charge is 0.459 e. The molecule has 3 heteroatoms. The summed E-state index contributed by atoms with van der Waals surface area (Å²) in [6, 6.07) is 1.81. The predicted molar refractivity (Wildman–Crippen MR) is 52.0 cm³/mol. The Bertz CT molecular complexity index is 273. The number of ether oxygens (including phenoxy) is 1. The molecule has 0 saturated heterocycles. The SMILES string of the molecule is O=C(OC1CCCC1)c1ccsc1. The summed E-state index contributed by atoms with van der Waals surface area (Å²) in [6.45, 7) is 0. The third-order valence-electron chi connectivity index (χ3n) is 2.33. The Labute approximate surface area is 81.5 Å². The molecule has 13 heavy (non-hydrogen) atoms. The predicted octanol–water partition coefficient (Wildman–Crippen LogP) is 2.85. The second kappa shape index (κ2) is 3.92. The first-order valence-electron chi connectivity index (χ1n) is 4.59. The van der Waals surface area contributed by atoms with Crippen LogP contribution in [0.5, 0.6) is 0 Å². The van der Waals surface area contributed by atoms with Gasteiger partial charge < -0.3 is 4.74 Å². The van der Waals surface area contributed by atoms with Crippen molar-refractivity contribution in [3.63, 3.8) is 0 Å². The molecule has 1 saturated carbocycles. The molecule has 0 bridgehead atoms. The van der Waals surface area contributed by atoms with E-state index in [4.69, 9.17) is 4.74 Å². The Morgan fingerprint density at radius 1 is 1.46 bits per heavy atom. The summed E-state index contributed by atoms with van der Waals surface area (Å²) in [4.78, 5) is 11.4. The molecule has 0 radical (unpaired) electrons. The fraction of sp³-hybridized carbons (Fsp3) is 0.500. The summed E-state index contributed by atoms with van der Waals surface area (Å²) in [5, 5.41) is 3.72. The highest BCUT2D eigenvalue weighted by atomic mass is 32.1. The standard InChI is InChI=1S/C10H12O2S/c11-10(8-5-6-13-7-8)12-9-3-1-2-4-9/h5-7,9H,1-4H2. The second-order valence-corrected chi connectivity index (χ2v) is 4.10. The lowest BCUT2D eigenvalue weighted by Crippen LogP contribution is -2.13. The highest BCUT2D eigenvalue weighted by molar-refractivity contribution is 7.08. The van der Waals surface area contributed by atoms with Gasteiger partial charge in [0.15, 0.2) is 0 Å². The first-order valence-corrected chi connectivity index (χ1v) is 5.54. The second-order valence-electron chi connectivity index (χ2n) is 3.32. The minimum Gasteiger partial charge on any atom is -0.459 e. The maximum absolute atomic E-state index is 11.4. The molecule has 0 spiro atoms. The van der Waals surface area contributed by atoms with Crippen LogP contribution in [0.4, 0.5) is 0 Å². The molecule has 0 atom stereocenters. The van der Waals surface area contributed by atoms with Crippen molar-refractivity contribution in [2.24, 2.45) is 0 Å². The van der Waals surface area contributed by atoms with Crippen LogP contribution in [0.3, 0.4) is 0 Å². The van der Waals surface area contributed by atoms with E-state index in [9.17, 15) is 4.79 Å². The van der Waals surface area contributed by atoms with Gasteiger partial charge in [-0.15, -0.1) is 0 Å². The topological polar surface area (TPSA) is 26.3 Å². The van der Waals surface area contributed by atoms with Crippen molar-refractivity contribution in [3.8, 4) is 0 Å². The Balaban J connectivity index is 1.91. The maximum Gasteiger partial charge on any atom is 0.339 e. The molecule has 0 unspecified atom stereocenters. The summed E-state index contributed by atoms with van der Waals surface area (Å²) >= 11 is 1.52. The van der Waals surface area contributed by atoms with Crippen LogP contribution >= 0.6 is 11.3 Å². The number of carbonyl (C=O) groups excluding carboxylic acids is 1. The molecule has 1 aliphatic carbocycles. The molecule has 1 aromatic heterocycles. The summed E-state index contributed by atoms with van der Waals surface area (Å²) in [5.41, 5.74) is 0.692. The van der Waals surface area contributed by atoms with Gasteiger partial charge in [-0.3, -0.25) is 0 Å². The molecular weight excluding hydrogens is 184 g/mol. The lowest BCUT2D eigenvalue weighted by atomic mass is 10.3. The number of thiophene rings is 1. The minimum absolute atomic E-state index is 0.159. The van der Waals surface area contributed by atoms with Gasteiger partial charge in [0.1, 0.15) is 6.10 Å². The van der Waals surface area contributed by atoms with Gasteiger partial charge in [0.05, 0.1) is 5.56 Å². The van der Waals surface area contributed by atoms with Gasteiger partial charge in [0.25, 0.3) is 0 Å². The van der Waals surface area contributed by atoms with Crippen LogP contribution in [-0.4, -0.2) is 12.1 Å². The Morgan fingerprint density at radius 3 is 2.85 bits per heavy atom. The van der Waals surface area contributed by atoms with Crippen LogP contribution in [0.2, 0.25) is 0 Å². The smallest absolute Gasteiger partial charge is 0.339 e. The minimum atomic E-state index is -0.159. The number of hydrogen-bond acceptors (Lipinski definition) is 3. The van der Waals surface area contributed by atoms with Gasteiger partial charge in [-0.05, 0) is 37.1 Å². The first-order chi connectivity index (χ1) is 6.36. The summed E-state index contributed by atoms with van der Waals surface area (Å²) in [5.74, 6) is -0.159. The zero-order chi connectivity index (χ0) is 9.10. The summed E-state index contributed by atoms with van der Waals surface area (Å²) in [7, 11) is 0. The molecule has 0 aliphatic heterocycles. The zero-order valence-corrected chi connectivity index (χ0v) is 8.18. The number of hydrogen-bond donors (Lipinski definition) is 0. The van der Waals surface area contributed by atoms with E-state index in [0.717, 1.165) is 12.8 Å². The first kappa shape index (κ1) is 8.75. The van der Waals surface area contributed by atoms with E-state index < -0.39 is 0 Å². The van der Waals surface area contributed by atoms with Crippen molar-refractivity contribution in [1.29, 1.82) is 0 Å². The third-order valence-corrected chi connectivity index (χ3v) is 3.02. The van der Waals surface area contributed by atoms with E-state index in [0.29, 0.717) is 5.56 Å². The zero-order valence-electron chi connectivity index (χ0n) is 7.36. The molecule has 1 fully saturated rings. The van der Waals surface area contributed by atoms with Crippen molar-refractivity contribution in [1.82, 2.24) is 0 Å². The van der Waals surface area contributed by atoms with Crippen LogP contribution in [0.15, 0.2) is 16.8 Å². The Hall–Kier alpha value is -0.830. The van der Waals surface area contributed by atoms with Gasteiger partial charge in [-0.25, -0.2) is 4.79 Å². The highest BCUT2D eigenvalue weighted by Crippen LogP contribution is 2.22. The van der Waals surface area contributed by atoms with Gasteiger partial charge in [-0.1, -0.05) is 0 Å². The van der Waals surface area contributed by atoms with Crippen LogP contribution < -0.4 is 0 Å². The van der Waals surface area contributed by atoms with E-state index in [1.54, 1.807) is 0 Å². The van der Waals surface area contributed by atoms with E-state index in [-0.39, 0.29) is 12.1 Å². The molecule has 1 aliphatic rings. The van der Waals surface area contributed by atoms with Crippen LogP contribution in [-0.2, 0) is 4.74 Å². The monoisotopic (exact) mass is 196 g/mol. The highest BCUT2D eigenvalue weighted by Gasteiger charge is 2.19. The fourth-order valence-electron chi connectivity index (χ4n) is 1.61. The lowest BCUT2D eigenvalue weighted by molar-refractivity contribution is 0.0318. The fourth-order valence-corrected chi connectivity index (χ4v) is 2.23. The molecule has 0 N–H and O–H groups in total. The lowest BCUT2D eigenvalue weighted by Gasteiger charge is -2.09. The van der Waals surface area contributed by atoms with Crippen LogP contribution in [0.1, 0.15) is 36.0 Å².